The van der Waals surface area contributed by atoms with Gasteiger partial charge in [-0.3, -0.25) is 9.99 Å². The Morgan fingerprint density at radius 1 is 1.03 bits per heavy atom. The van der Waals surface area contributed by atoms with Gasteiger partial charge in [0.25, 0.3) is 0 Å². The van der Waals surface area contributed by atoms with Gasteiger partial charge in [-0.15, -0.1) is 13.2 Å². The summed E-state index contributed by atoms with van der Waals surface area (Å²) in [6, 6.07) is 23.0. The molecule has 5 aromatic rings. The van der Waals surface area contributed by atoms with Crippen LogP contribution in [0.15, 0.2) is 94.8 Å². The lowest BCUT2D eigenvalue weighted by Crippen LogP contribution is -2.24. The molecule has 0 bridgehead atoms. The topological polar surface area (TPSA) is 63.5 Å². The van der Waals surface area contributed by atoms with Crippen LogP contribution in [0.5, 0.6) is 5.75 Å². The number of benzene rings is 4. The van der Waals surface area contributed by atoms with E-state index in [0.29, 0.717) is 10.8 Å². The first-order valence-corrected chi connectivity index (χ1v) is 12.1. The van der Waals surface area contributed by atoms with Crippen LogP contribution in [0.25, 0.3) is 27.5 Å². The first-order valence-electron chi connectivity index (χ1n) is 10.9. The van der Waals surface area contributed by atoms with E-state index in [1.165, 1.54) is 12.1 Å². The fourth-order valence-corrected chi connectivity index (χ4v) is 4.35. The number of hydrogen-bond donors (Lipinski definition) is 2. The molecule has 0 saturated heterocycles. The number of fused-ring (bicyclic) bond motifs is 3. The van der Waals surface area contributed by atoms with Gasteiger partial charge < -0.3 is 10.1 Å². The third-order valence-corrected chi connectivity index (χ3v) is 6.29. The Morgan fingerprint density at radius 2 is 1.81 bits per heavy atom. The molecule has 1 aromatic heterocycles. The van der Waals surface area contributed by atoms with Crippen LogP contribution in [0.2, 0.25) is 0 Å². The number of alkyl halides is 3. The number of halogens is 4. The molecule has 37 heavy (non-hydrogen) atoms. The van der Waals surface area contributed by atoms with Gasteiger partial charge in [0.15, 0.2) is 5.11 Å². The van der Waals surface area contributed by atoms with Crippen molar-refractivity contribution in [3.05, 3.63) is 95.2 Å². The molecule has 6 nitrogen and oxygen atoms in total. The summed E-state index contributed by atoms with van der Waals surface area (Å²) in [5.74, 6) is -0.278. The highest BCUT2D eigenvalue weighted by Gasteiger charge is 2.31. The molecule has 0 spiro atoms. The Hall–Kier alpha value is -3.96. The van der Waals surface area contributed by atoms with Gasteiger partial charge in [-0.2, -0.15) is 5.10 Å². The minimum Gasteiger partial charge on any atom is -0.406 e. The van der Waals surface area contributed by atoms with Gasteiger partial charge in [0, 0.05) is 15.5 Å². The normalized spacial score (nSPS) is 11.8. The predicted octanol–water partition coefficient (Wildman–Crippen LogP) is 7.16. The minimum absolute atomic E-state index is 0.278. The summed E-state index contributed by atoms with van der Waals surface area (Å²) in [6.45, 7) is 0. The van der Waals surface area contributed by atoms with E-state index in [9.17, 15) is 13.2 Å². The Bertz CT molecular complexity index is 1630. The molecule has 0 unspecified atom stereocenters. The van der Waals surface area contributed by atoms with E-state index in [1.807, 2.05) is 59.2 Å². The third kappa shape index (κ3) is 5.73. The molecule has 0 aliphatic heterocycles. The van der Waals surface area contributed by atoms with Gasteiger partial charge in [-0.05, 0) is 87.6 Å². The maximum Gasteiger partial charge on any atom is 0.573 e. The van der Waals surface area contributed by atoms with Crippen LogP contribution in [0.1, 0.15) is 5.56 Å². The van der Waals surface area contributed by atoms with Crippen molar-refractivity contribution < 1.29 is 17.9 Å². The highest BCUT2D eigenvalue weighted by Crippen LogP contribution is 2.29. The number of hydrazone groups is 1. The number of rotatable bonds is 5. The second-order valence-electron chi connectivity index (χ2n) is 7.87. The molecule has 0 atom stereocenters. The number of para-hydroxylation sites is 1. The van der Waals surface area contributed by atoms with E-state index in [2.05, 4.69) is 41.5 Å². The van der Waals surface area contributed by atoms with Crippen molar-refractivity contribution in [2.75, 3.05) is 5.32 Å². The number of hydrogen-bond acceptors (Lipinski definition) is 4. The Kier molecular flexibility index (Phi) is 6.81. The molecule has 5 rings (SSSR count). The number of ether oxygens (including phenoxy) is 1. The molecular weight excluding hydrogens is 567 g/mol. The van der Waals surface area contributed by atoms with Crippen molar-refractivity contribution in [3.63, 3.8) is 0 Å². The summed E-state index contributed by atoms with van der Waals surface area (Å²) >= 11 is 8.75. The van der Waals surface area contributed by atoms with E-state index >= 15 is 0 Å². The molecule has 0 aliphatic carbocycles. The van der Waals surface area contributed by atoms with Gasteiger partial charge in [0.1, 0.15) is 12.1 Å². The van der Waals surface area contributed by atoms with Crippen LogP contribution >= 0.6 is 28.1 Å². The van der Waals surface area contributed by atoms with E-state index in [4.69, 9.17) is 12.2 Å². The molecule has 0 fully saturated rings. The summed E-state index contributed by atoms with van der Waals surface area (Å²) in [6.07, 6.45) is -1.42. The van der Waals surface area contributed by atoms with Crippen molar-refractivity contribution in [2.24, 2.45) is 5.10 Å². The summed E-state index contributed by atoms with van der Waals surface area (Å²) < 4.78 is 44.0. The number of nitrogens with one attached hydrogen (secondary N) is 2. The van der Waals surface area contributed by atoms with Crippen LogP contribution in [-0.2, 0) is 0 Å². The molecule has 4 aromatic carbocycles. The molecule has 0 saturated carbocycles. The zero-order valence-corrected chi connectivity index (χ0v) is 21.2. The minimum atomic E-state index is -4.73. The highest BCUT2D eigenvalue weighted by atomic mass is 79.9. The second-order valence-corrected chi connectivity index (χ2v) is 9.14. The zero-order valence-electron chi connectivity index (χ0n) is 18.8. The highest BCUT2D eigenvalue weighted by molar-refractivity contribution is 9.10. The molecule has 0 amide bonds. The average molecular weight is 584 g/mol. The molecule has 1 heterocycles. The fourth-order valence-electron chi connectivity index (χ4n) is 3.80. The Balaban J connectivity index is 1.32. The van der Waals surface area contributed by atoms with Crippen LogP contribution in [0.4, 0.5) is 18.9 Å². The van der Waals surface area contributed by atoms with E-state index < -0.39 is 6.36 Å². The predicted molar refractivity (Wildman–Crippen MR) is 146 cm³/mol. The quantitative estimate of drug-likeness (QED) is 0.130. The van der Waals surface area contributed by atoms with Gasteiger partial charge in [-0.1, -0.05) is 30.3 Å². The van der Waals surface area contributed by atoms with Crippen molar-refractivity contribution in [3.8, 4) is 11.4 Å². The lowest BCUT2D eigenvalue weighted by atomic mass is 10.1. The average Bonchev–Trinajstić information content (AvgIpc) is 3.29. The zero-order chi connectivity index (χ0) is 26.0. The molecule has 186 valence electrons. The van der Waals surface area contributed by atoms with Gasteiger partial charge in [0.05, 0.1) is 22.9 Å². The largest absolute Gasteiger partial charge is 0.573 e. The Morgan fingerprint density at radius 3 is 2.57 bits per heavy atom. The number of imidazole rings is 1. The van der Waals surface area contributed by atoms with Gasteiger partial charge in [-0.25, -0.2) is 4.98 Å². The summed E-state index contributed by atoms with van der Waals surface area (Å²) in [5, 5.41) is 9.54. The maximum absolute atomic E-state index is 12.4. The van der Waals surface area contributed by atoms with Crippen LogP contribution in [0.3, 0.4) is 0 Å². The lowest BCUT2D eigenvalue weighted by Gasteiger charge is -2.10. The Labute approximate surface area is 222 Å². The summed E-state index contributed by atoms with van der Waals surface area (Å²) in [5.41, 5.74) is 6.76. The molecule has 2 N–H and O–H groups in total. The number of aromatic nitrogens is 2. The first kappa shape index (κ1) is 24.7. The first-order chi connectivity index (χ1) is 17.8. The van der Waals surface area contributed by atoms with Gasteiger partial charge >= 0.3 is 6.36 Å². The van der Waals surface area contributed by atoms with Crippen LogP contribution < -0.4 is 15.5 Å². The number of nitrogens with zero attached hydrogens (tertiary/aromatic N) is 3. The van der Waals surface area contributed by atoms with Crippen molar-refractivity contribution in [1.29, 1.82) is 0 Å². The molecular formula is C26H17BrF3N5OS. The van der Waals surface area contributed by atoms with E-state index in [0.717, 1.165) is 37.5 Å². The molecule has 11 heteroatoms. The van der Waals surface area contributed by atoms with E-state index in [1.54, 1.807) is 24.7 Å². The van der Waals surface area contributed by atoms with Crippen molar-refractivity contribution in [1.82, 2.24) is 15.0 Å². The molecule has 0 aliphatic rings. The third-order valence-electron chi connectivity index (χ3n) is 5.41. The number of anilines is 1. The van der Waals surface area contributed by atoms with Gasteiger partial charge in [0.2, 0.25) is 0 Å². The summed E-state index contributed by atoms with van der Waals surface area (Å²) in [7, 11) is 0. The standard InChI is InChI=1S/C26H17BrF3N5OS/c27-21-3-1-2-4-22(21)33-25(37)34-32-14-16-5-11-20-17(13-16)6-12-23-24(20)31-15-35(23)18-7-9-19(10-8-18)36-26(28,29)30/h1-15H,(H2,33,34,37)/b32-14+. The SMILES string of the molecule is FC(F)(F)Oc1ccc(-n2cnc3c4ccc(/C=N/NC(=S)Nc5ccccc5Br)cc4ccc32)cc1. The maximum atomic E-state index is 12.4. The van der Waals surface area contributed by atoms with E-state index in [-0.39, 0.29) is 5.75 Å². The fraction of sp³-hybridized carbons (Fsp3) is 0.0385. The van der Waals surface area contributed by atoms with Crippen LogP contribution in [-0.4, -0.2) is 27.2 Å². The summed E-state index contributed by atoms with van der Waals surface area (Å²) in [4.78, 5) is 4.54. The lowest BCUT2D eigenvalue weighted by molar-refractivity contribution is -0.274. The van der Waals surface area contributed by atoms with Crippen LogP contribution in [0, 0.1) is 0 Å². The van der Waals surface area contributed by atoms with Crippen molar-refractivity contribution >= 4 is 67.0 Å². The monoisotopic (exact) mass is 583 g/mol. The molecule has 0 radical (unpaired) electrons. The smallest absolute Gasteiger partial charge is 0.406 e. The number of thiocarbonyl (C=S) groups is 1. The van der Waals surface area contributed by atoms with Crippen molar-refractivity contribution in [2.45, 2.75) is 6.36 Å². The second kappa shape index (κ2) is 10.2.